The van der Waals surface area contributed by atoms with Gasteiger partial charge in [0.05, 0.1) is 6.10 Å². The van der Waals surface area contributed by atoms with Gasteiger partial charge in [-0.3, -0.25) is 4.90 Å². The Morgan fingerprint density at radius 3 is 2.43 bits per heavy atom. The predicted molar refractivity (Wildman–Crippen MR) is 78.2 cm³/mol. The average Bonchev–Trinajstić information content (AvgIpc) is 2.37. The second-order valence-corrected chi connectivity index (χ2v) is 6.42. The van der Waals surface area contributed by atoms with Crippen LogP contribution in [0.4, 0.5) is 4.79 Å². The molecule has 6 nitrogen and oxygen atoms in total. The zero-order valence-electron chi connectivity index (χ0n) is 13.6. The summed E-state index contributed by atoms with van der Waals surface area (Å²) in [5.41, 5.74) is -1.89. The average molecular weight is 301 g/mol. The molecule has 21 heavy (non-hydrogen) atoms. The normalized spacial score (nSPS) is 26.2. The van der Waals surface area contributed by atoms with Crippen LogP contribution in [0.15, 0.2) is 0 Å². The summed E-state index contributed by atoms with van der Waals surface area (Å²) >= 11 is 0. The lowest BCUT2D eigenvalue weighted by Crippen LogP contribution is -2.61. The first-order valence-corrected chi connectivity index (χ1v) is 7.52. The molecule has 2 unspecified atom stereocenters. The van der Waals surface area contributed by atoms with Crippen molar-refractivity contribution >= 4 is 12.1 Å². The fourth-order valence-corrected chi connectivity index (χ4v) is 2.67. The van der Waals surface area contributed by atoms with Crippen LogP contribution >= 0.6 is 0 Å². The minimum Gasteiger partial charge on any atom is -0.479 e. The van der Waals surface area contributed by atoms with E-state index in [9.17, 15) is 14.7 Å². The van der Waals surface area contributed by atoms with Gasteiger partial charge in [-0.1, -0.05) is 6.92 Å². The van der Waals surface area contributed by atoms with Crippen molar-refractivity contribution in [2.75, 3.05) is 13.2 Å². The molecule has 0 aromatic carbocycles. The Balaban J connectivity index is 3.06. The lowest BCUT2D eigenvalue weighted by Gasteiger charge is -2.44. The van der Waals surface area contributed by atoms with Gasteiger partial charge in [-0.05, 0) is 34.1 Å². The van der Waals surface area contributed by atoms with Crippen LogP contribution in [0.25, 0.3) is 0 Å². The molecule has 1 aliphatic heterocycles. The molecule has 0 aromatic heterocycles. The number of carboxylic acid groups (broad SMARTS) is 1. The van der Waals surface area contributed by atoms with E-state index in [-0.39, 0.29) is 19.1 Å². The maximum Gasteiger partial charge on any atom is 0.411 e. The monoisotopic (exact) mass is 301 g/mol. The molecule has 1 heterocycles. The van der Waals surface area contributed by atoms with Crippen LogP contribution in [-0.4, -0.2) is 52.5 Å². The second kappa shape index (κ2) is 6.64. The number of amides is 1. The molecule has 1 N–H and O–H groups in total. The molecule has 0 aliphatic carbocycles. The zero-order valence-corrected chi connectivity index (χ0v) is 13.6. The number of hydrogen-bond acceptors (Lipinski definition) is 4. The minimum atomic E-state index is -1.24. The van der Waals surface area contributed by atoms with Gasteiger partial charge < -0.3 is 14.6 Å². The van der Waals surface area contributed by atoms with Crippen molar-refractivity contribution in [3.05, 3.63) is 0 Å². The summed E-state index contributed by atoms with van der Waals surface area (Å²) in [6.45, 7) is 9.65. The first-order chi connectivity index (χ1) is 9.66. The molecular formula is C15H27NO5. The topological polar surface area (TPSA) is 76.1 Å². The zero-order chi connectivity index (χ0) is 16.3. The molecule has 2 atom stereocenters. The standard InChI is InChI=1S/C15H27NO5/c1-6-11-10-15(12(17)18,8-9-20-11)16(7-2)13(19)21-14(3,4)5/h11H,6-10H2,1-5H3,(H,17,18). The third-order valence-corrected chi connectivity index (χ3v) is 3.73. The molecule has 6 heteroatoms. The lowest BCUT2D eigenvalue weighted by atomic mass is 9.84. The van der Waals surface area contributed by atoms with Gasteiger partial charge in [0.15, 0.2) is 0 Å². The minimum absolute atomic E-state index is 0.147. The van der Waals surface area contributed by atoms with E-state index in [1.54, 1.807) is 27.7 Å². The van der Waals surface area contributed by atoms with Crippen molar-refractivity contribution in [1.82, 2.24) is 4.90 Å². The number of rotatable bonds is 4. The van der Waals surface area contributed by atoms with Gasteiger partial charge >= 0.3 is 12.1 Å². The number of aliphatic carboxylic acids is 1. The van der Waals surface area contributed by atoms with Crippen LogP contribution in [0.2, 0.25) is 0 Å². The molecule has 1 rings (SSSR count). The summed E-state index contributed by atoms with van der Waals surface area (Å²) < 4.78 is 10.9. The molecule has 122 valence electrons. The highest BCUT2D eigenvalue weighted by Gasteiger charge is 2.50. The number of hydrogen-bond donors (Lipinski definition) is 1. The fraction of sp³-hybridized carbons (Fsp3) is 0.867. The van der Waals surface area contributed by atoms with Crippen LogP contribution in [0.5, 0.6) is 0 Å². The fourth-order valence-electron chi connectivity index (χ4n) is 2.67. The predicted octanol–water partition coefficient (Wildman–Crippen LogP) is 2.66. The van der Waals surface area contributed by atoms with E-state index in [0.717, 1.165) is 6.42 Å². The van der Waals surface area contributed by atoms with Crippen LogP contribution in [0.1, 0.15) is 53.9 Å². The summed E-state index contributed by atoms with van der Waals surface area (Å²) in [6.07, 6.45) is 0.578. The molecule has 1 fully saturated rings. The first kappa shape index (κ1) is 17.8. The molecule has 1 aliphatic rings. The number of ether oxygens (including phenoxy) is 2. The van der Waals surface area contributed by atoms with E-state index in [1.807, 2.05) is 6.92 Å². The highest BCUT2D eigenvalue weighted by Crippen LogP contribution is 2.33. The highest BCUT2D eigenvalue weighted by molar-refractivity contribution is 5.84. The summed E-state index contributed by atoms with van der Waals surface area (Å²) in [4.78, 5) is 25.6. The largest absolute Gasteiger partial charge is 0.479 e. The number of carbonyl (C=O) groups excluding carboxylic acids is 1. The van der Waals surface area contributed by atoms with Crippen LogP contribution in [-0.2, 0) is 14.3 Å². The summed E-state index contributed by atoms with van der Waals surface area (Å²) in [6, 6.07) is 0. The molecule has 1 saturated heterocycles. The SMILES string of the molecule is CCC1CC(C(=O)O)(N(CC)C(=O)OC(C)(C)C)CCO1. The molecule has 1 amide bonds. The third-order valence-electron chi connectivity index (χ3n) is 3.73. The van der Waals surface area contributed by atoms with Gasteiger partial charge in [0.25, 0.3) is 0 Å². The number of nitrogens with zero attached hydrogens (tertiary/aromatic N) is 1. The molecule has 0 aromatic rings. The molecule has 0 bridgehead atoms. The van der Waals surface area contributed by atoms with Crippen molar-refractivity contribution in [1.29, 1.82) is 0 Å². The Kier molecular flexibility index (Phi) is 5.61. The van der Waals surface area contributed by atoms with E-state index >= 15 is 0 Å². The van der Waals surface area contributed by atoms with E-state index in [1.165, 1.54) is 4.90 Å². The van der Waals surface area contributed by atoms with Crippen LogP contribution < -0.4 is 0 Å². The van der Waals surface area contributed by atoms with Crippen molar-refractivity contribution in [2.45, 2.75) is 71.1 Å². The third kappa shape index (κ3) is 4.09. The summed E-state index contributed by atoms with van der Waals surface area (Å²) in [7, 11) is 0. The van der Waals surface area contributed by atoms with Crippen LogP contribution in [0.3, 0.4) is 0 Å². The lowest BCUT2D eigenvalue weighted by molar-refractivity contribution is -0.162. The Morgan fingerprint density at radius 1 is 1.38 bits per heavy atom. The second-order valence-electron chi connectivity index (χ2n) is 6.42. The maximum absolute atomic E-state index is 12.4. The van der Waals surface area contributed by atoms with Gasteiger partial charge in [-0.15, -0.1) is 0 Å². The van der Waals surface area contributed by atoms with Gasteiger partial charge in [0, 0.05) is 26.0 Å². The van der Waals surface area contributed by atoms with Gasteiger partial charge in [-0.2, -0.15) is 0 Å². The first-order valence-electron chi connectivity index (χ1n) is 7.52. The van der Waals surface area contributed by atoms with E-state index in [4.69, 9.17) is 9.47 Å². The number of carbonyl (C=O) groups is 2. The number of carboxylic acids is 1. The summed E-state index contributed by atoms with van der Waals surface area (Å²) in [5.74, 6) is -0.989. The van der Waals surface area contributed by atoms with E-state index < -0.39 is 23.2 Å². The van der Waals surface area contributed by atoms with E-state index in [0.29, 0.717) is 13.0 Å². The Labute approximate surface area is 126 Å². The van der Waals surface area contributed by atoms with E-state index in [2.05, 4.69) is 0 Å². The molecule has 0 saturated carbocycles. The molecular weight excluding hydrogens is 274 g/mol. The Hall–Kier alpha value is -1.30. The van der Waals surface area contributed by atoms with Gasteiger partial charge in [0.1, 0.15) is 11.1 Å². The van der Waals surface area contributed by atoms with Crippen molar-refractivity contribution < 1.29 is 24.2 Å². The number of likely N-dealkylation sites (N-methyl/N-ethyl adjacent to an activating group) is 1. The van der Waals surface area contributed by atoms with Crippen LogP contribution in [0, 0.1) is 0 Å². The van der Waals surface area contributed by atoms with Gasteiger partial charge in [0.2, 0.25) is 0 Å². The Morgan fingerprint density at radius 2 is 2.00 bits per heavy atom. The molecule has 0 spiro atoms. The highest BCUT2D eigenvalue weighted by atomic mass is 16.6. The van der Waals surface area contributed by atoms with Crippen molar-refractivity contribution in [3.63, 3.8) is 0 Å². The quantitative estimate of drug-likeness (QED) is 0.864. The molecule has 0 radical (unpaired) electrons. The van der Waals surface area contributed by atoms with Crippen molar-refractivity contribution in [2.24, 2.45) is 0 Å². The van der Waals surface area contributed by atoms with Crippen molar-refractivity contribution in [3.8, 4) is 0 Å². The smallest absolute Gasteiger partial charge is 0.411 e. The summed E-state index contributed by atoms with van der Waals surface area (Å²) in [5, 5.41) is 9.75. The Bertz CT molecular complexity index is 390. The maximum atomic E-state index is 12.4. The van der Waals surface area contributed by atoms with Gasteiger partial charge in [-0.25, -0.2) is 9.59 Å².